The standard InChI is InChI=1S/C26H24N2O3/c1-31-23-15-12-21(13-16-23)18-24(26(30)27-19-22-10-6-3-7-11-22)28-25(29)17-14-20-8-4-2-5-9-20/h2-18H,19H2,1H3,(H,27,30)(H,28,29)/b17-14+,24-18+. The highest BCUT2D eigenvalue weighted by Crippen LogP contribution is 2.14. The van der Waals surface area contributed by atoms with Crippen LogP contribution in [0.1, 0.15) is 16.7 Å². The highest BCUT2D eigenvalue weighted by atomic mass is 16.5. The lowest BCUT2D eigenvalue weighted by Gasteiger charge is -2.10. The molecule has 0 spiro atoms. The van der Waals surface area contributed by atoms with Gasteiger partial charge in [-0.15, -0.1) is 0 Å². The minimum Gasteiger partial charge on any atom is -0.497 e. The second-order valence-corrected chi connectivity index (χ2v) is 6.73. The third kappa shape index (κ3) is 7.01. The molecule has 0 aromatic heterocycles. The second-order valence-electron chi connectivity index (χ2n) is 6.73. The van der Waals surface area contributed by atoms with Crippen LogP contribution in [0.4, 0.5) is 0 Å². The fourth-order valence-electron chi connectivity index (χ4n) is 2.81. The molecule has 156 valence electrons. The summed E-state index contributed by atoms with van der Waals surface area (Å²) >= 11 is 0. The van der Waals surface area contributed by atoms with E-state index in [1.807, 2.05) is 72.8 Å². The van der Waals surface area contributed by atoms with Crippen LogP contribution < -0.4 is 15.4 Å². The average Bonchev–Trinajstić information content (AvgIpc) is 2.82. The Morgan fingerprint density at radius 1 is 0.839 bits per heavy atom. The smallest absolute Gasteiger partial charge is 0.268 e. The molecule has 0 unspecified atom stereocenters. The average molecular weight is 412 g/mol. The topological polar surface area (TPSA) is 67.4 Å². The van der Waals surface area contributed by atoms with E-state index in [0.29, 0.717) is 12.3 Å². The van der Waals surface area contributed by atoms with E-state index in [0.717, 1.165) is 16.7 Å². The van der Waals surface area contributed by atoms with E-state index in [9.17, 15) is 9.59 Å². The molecular formula is C26H24N2O3. The van der Waals surface area contributed by atoms with Crippen LogP contribution in [0.5, 0.6) is 5.75 Å². The minimum atomic E-state index is -0.390. The Bertz CT molecular complexity index is 1060. The first-order chi connectivity index (χ1) is 15.1. The van der Waals surface area contributed by atoms with Crippen molar-refractivity contribution in [3.05, 3.63) is 113 Å². The summed E-state index contributed by atoms with van der Waals surface area (Å²) < 4.78 is 5.17. The van der Waals surface area contributed by atoms with Gasteiger partial charge in [0, 0.05) is 12.6 Å². The second kappa shape index (κ2) is 11.2. The summed E-state index contributed by atoms with van der Waals surface area (Å²) in [6.07, 6.45) is 4.73. The molecular weight excluding hydrogens is 388 g/mol. The quantitative estimate of drug-likeness (QED) is 0.546. The minimum absolute atomic E-state index is 0.156. The molecule has 0 saturated carbocycles. The summed E-state index contributed by atoms with van der Waals surface area (Å²) in [6.45, 7) is 0.356. The molecule has 3 aromatic carbocycles. The van der Waals surface area contributed by atoms with Crippen molar-refractivity contribution in [1.29, 1.82) is 0 Å². The molecule has 0 aliphatic rings. The molecule has 5 nitrogen and oxygen atoms in total. The summed E-state index contributed by atoms with van der Waals surface area (Å²) in [4.78, 5) is 25.3. The predicted molar refractivity (Wildman–Crippen MR) is 123 cm³/mol. The Kier molecular flexibility index (Phi) is 7.77. The molecule has 0 atom stereocenters. The first-order valence-electron chi connectivity index (χ1n) is 9.86. The molecule has 0 bridgehead atoms. The zero-order valence-electron chi connectivity index (χ0n) is 17.2. The lowest BCUT2D eigenvalue weighted by atomic mass is 10.1. The number of amides is 2. The van der Waals surface area contributed by atoms with Gasteiger partial charge in [0.15, 0.2) is 0 Å². The fraction of sp³-hybridized carbons (Fsp3) is 0.0769. The summed E-state index contributed by atoms with van der Waals surface area (Å²) in [7, 11) is 1.59. The Balaban J connectivity index is 1.75. The number of ether oxygens (including phenoxy) is 1. The van der Waals surface area contributed by atoms with Crippen LogP contribution in [0.2, 0.25) is 0 Å². The Morgan fingerprint density at radius 2 is 1.48 bits per heavy atom. The molecule has 0 aliphatic heterocycles. The van der Waals surface area contributed by atoms with Gasteiger partial charge < -0.3 is 15.4 Å². The normalized spacial score (nSPS) is 11.2. The van der Waals surface area contributed by atoms with E-state index in [1.54, 1.807) is 31.4 Å². The molecule has 3 aromatic rings. The first-order valence-corrected chi connectivity index (χ1v) is 9.86. The van der Waals surface area contributed by atoms with Crippen LogP contribution in [-0.4, -0.2) is 18.9 Å². The van der Waals surface area contributed by atoms with Gasteiger partial charge in [-0.1, -0.05) is 72.8 Å². The number of carbonyl (C=O) groups is 2. The lowest BCUT2D eigenvalue weighted by molar-refractivity contribution is -0.121. The largest absolute Gasteiger partial charge is 0.497 e. The molecule has 5 heteroatoms. The van der Waals surface area contributed by atoms with Crippen LogP contribution in [0.15, 0.2) is 96.7 Å². The van der Waals surface area contributed by atoms with E-state index in [4.69, 9.17) is 4.74 Å². The maximum Gasteiger partial charge on any atom is 0.268 e. The van der Waals surface area contributed by atoms with Crippen molar-refractivity contribution >= 4 is 24.0 Å². The van der Waals surface area contributed by atoms with Gasteiger partial charge >= 0.3 is 0 Å². The van der Waals surface area contributed by atoms with Crippen LogP contribution in [0.25, 0.3) is 12.2 Å². The van der Waals surface area contributed by atoms with E-state index in [1.165, 1.54) is 6.08 Å². The molecule has 0 heterocycles. The number of carbonyl (C=O) groups excluding carboxylic acids is 2. The van der Waals surface area contributed by atoms with Crippen molar-refractivity contribution in [3.8, 4) is 5.75 Å². The molecule has 31 heavy (non-hydrogen) atoms. The van der Waals surface area contributed by atoms with Gasteiger partial charge in [0.1, 0.15) is 11.4 Å². The zero-order valence-corrected chi connectivity index (χ0v) is 17.2. The molecule has 2 amide bonds. The third-order valence-corrected chi connectivity index (χ3v) is 4.45. The van der Waals surface area contributed by atoms with Crippen molar-refractivity contribution in [2.24, 2.45) is 0 Å². The van der Waals surface area contributed by atoms with Gasteiger partial charge in [-0.2, -0.15) is 0 Å². The summed E-state index contributed by atoms with van der Waals surface area (Å²) in [6, 6.07) is 26.3. The summed E-state index contributed by atoms with van der Waals surface area (Å²) in [5, 5.41) is 5.54. The highest BCUT2D eigenvalue weighted by Gasteiger charge is 2.12. The van der Waals surface area contributed by atoms with Gasteiger partial charge in [-0.05, 0) is 41.0 Å². The molecule has 0 fully saturated rings. The zero-order chi connectivity index (χ0) is 21.9. The van der Waals surface area contributed by atoms with Gasteiger partial charge in [0.2, 0.25) is 5.91 Å². The number of rotatable bonds is 8. The number of hydrogen-bond acceptors (Lipinski definition) is 3. The summed E-state index contributed by atoms with van der Waals surface area (Å²) in [5.74, 6) is -0.0540. The van der Waals surface area contributed by atoms with Gasteiger partial charge in [-0.25, -0.2) is 0 Å². The molecule has 3 rings (SSSR count). The number of nitrogens with one attached hydrogen (secondary N) is 2. The monoisotopic (exact) mass is 412 g/mol. The van der Waals surface area contributed by atoms with Gasteiger partial charge in [0.25, 0.3) is 5.91 Å². The van der Waals surface area contributed by atoms with Crippen molar-refractivity contribution in [2.75, 3.05) is 7.11 Å². The number of hydrogen-bond donors (Lipinski definition) is 2. The number of methoxy groups -OCH3 is 1. The lowest BCUT2D eigenvalue weighted by Crippen LogP contribution is -2.33. The van der Waals surface area contributed by atoms with Gasteiger partial charge in [-0.3, -0.25) is 9.59 Å². The van der Waals surface area contributed by atoms with Crippen molar-refractivity contribution in [2.45, 2.75) is 6.54 Å². The van der Waals surface area contributed by atoms with Crippen LogP contribution in [0, 0.1) is 0 Å². The van der Waals surface area contributed by atoms with Crippen LogP contribution in [0.3, 0.4) is 0 Å². The van der Waals surface area contributed by atoms with Crippen molar-refractivity contribution in [1.82, 2.24) is 10.6 Å². The van der Waals surface area contributed by atoms with Gasteiger partial charge in [0.05, 0.1) is 7.11 Å². The molecule has 0 radical (unpaired) electrons. The maximum atomic E-state index is 12.8. The van der Waals surface area contributed by atoms with Crippen LogP contribution >= 0.6 is 0 Å². The third-order valence-electron chi connectivity index (χ3n) is 4.45. The first kappa shape index (κ1) is 21.6. The van der Waals surface area contributed by atoms with Crippen LogP contribution in [-0.2, 0) is 16.1 Å². The highest BCUT2D eigenvalue weighted by molar-refractivity contribution is 6.04. The fourth-order valence-corrected chi connectivity index (χ4v) is 2.81. The maximum absolute atomic E-state index is 12.8. The molecule has 0 aliphatic carbocycles. The molecule has 0 saturated heterocycles. The Morgan fingerprint density at radius 3 is 2.13 bits per heavy atom. The molecule has 2 N–H and O–H groups in total. The van der Waals surface area contributed by atoms with E-state index < -0.39 is 5.91 Å². The Hall–Kier alpha value is -4.12. The summed E-state index contributed by atoms with van der Waals surface area (Å²) in [5.41, 5.74) is 2.78. The predicted octanol–water partition coefficient (Wildman–Crippen LogP) is 4.18. The van der Waals surface area contributed by atoms with Crippen molar-refractivity contribution < 1.29 is 14.3 Å². The van der Waals surface area contributed by atoms with E-state index in [-0.39, 0.29) is 11.6 Å². The van der Waals surface area contributed by atoms with Crippen molar-refractivity contribution in [3.63, 3.8) is 0 Å². The Labute approximate surface area is 182 Å². The SMILES string of the molecule is COc1ccc(/C=C(/NC(=O)/C=C/c2ccccc2)C(=O)NCc2ccccc2)cc1. The van der Waals surface area contributed by atoms with E-state index >= 15 is 0 Å². The van der Waals surface area contributed by atoms with E-state index in [2.05, 4.69) is 10.6 Å². The number of benzene rings is 3.